The van der Waals surface area contributed by atoms with Crippen LogP contribution in [0.1, 0.15) is 70.3 Å². The first-order chi connectivity index (χ1) is 17.7. The van der Waals surface area contributed by atoms with Crippen molar-refractivity contribution in [3.63, 3.8) is 0 Å². The van der Waals surface area contributed by atoms with E-state index in [1.807, 2.05) is 55.5 Å². The van der Waals surface area contributed by atoms with Crippen LogP contribution in [0.4, 0.5) is 0 Å². The van der Waals surface area contributed by atoms with Gasteiger partial charge in [0.2, 0.25) is 0 Å². The number of unbranched alkanes of at least 4 members (excludes halogenated alkanes) is 1. The van der Waals surface area contributed by atoms with Crippen LogP contribution < -0.4 is 0 Å². The number of fused-ring (bicyclic) bond motifs is 1. The highest BCUT2D eigenvalue weighted by atomic mass is 33.1. The van der Waals surface area contributed by atoms with Gasteiger partial charge in [-0.3, -0.25) is 14.0 Å². The molecule has 0 radical (unpaired) electrons. The monoisotopic (exact) mass is 524 g/mol. The number of nitrogens with zero attached hydrogens (tertiary/aromatic N) is 6. The molecule has 1 saturated heterocycles. The molecule has 1 unspecified atom stereocenters. The third-order valence-corrected chi connectivity index (χ3v) is 10.3. The van der Waals surface area contributed by atoms with Gasteiger partial charge in [-0.1, -0.05) is 40.9 Å². The molecule has 0 aromatic carbocycles. The van der Waals surface area contributed by atoms with Crippen molar-refractivity contribution in [2.45, 2.75) is 82.2 Å². The standard InChI is InChI=1S/C26H32N6O2S2/c27-12-9-23(19-5-1-2-6-19)32-16-20(15-30-32)25-22-10-13-31(26(22)29-17-28-25)18-34-24(33)8-4-3-7-21-11-14-35-36-21/h10,13,15-17,19,21,23H,1-9,11,14,18H2/t21-,23?/m1/s1. The van der Waals surface area contributed by atoms with E-state index in [2.05, 4.69) is 21.1 Å². The second kappa shape index (κ2) is 12.2. The van der Waals surface area contributed by atoms with Crippen LogP contribution in [0.2, 0.25) is 0 Å². The smallest absolute Gasteiger partial charge is 0.307 e. The Morgan fingerprint density at radius 3 is 2.94 bits per heavy atom. The fourth-order valence-corrected chi connectivity index (χ4v) is 8.34. The Bertz CT molecular complexity index is 1210. The van der Waals surface area contributed by atoms with Crippen molar-refractivity contribution < 1.29 is 9.53 Å². The summed E-state index contributed by atoms with van der Waals surface area (Å²) in [6.07, 6.45) is 17.3. The van der Waals surface area contributed by atoms with Crippen molar-refractivity contribution >= 4 is 38.6 Å². The van der Waals surface area contributed by atoms with Crippen LogP contribution in [0.25, 0.3) is 22.3 Å². The van der Waals surface area contributed by atoms with Gasteiger partial charge in [-0.2, -0.15) is 10.4 Å². The van der Waals surface area contributed by atoms with Gasteiger partial charge in [-0.15, -0.1) is 0 Å². The van der Waals surface area contributed by atoms with Gasteiger partial charge in [-0.05, 0) is 44.1 Å². The lowest BCUT2D eigenvalue weighted by Crippen LogP contribution is -2.17. The Kier molecular flexibility index (Phi) is 8.49. The lowest BCUT2D eigenvalue weighted by Gasteiger charge is -2.21. The number of esters is 1. The van der Waals surface area contributed by atoms with Gasteiger partial charge in [0.15, 0.2) is 6.73 Å². The molecule has 3 aromatic heterocycles. The Hall–Kier alpha value is -2.51. The van der Waals surface area contributed by atoms with Gasteiger partial charge in [0.25, 0.3) is 0 Å². The largest absolute Gasteiger partial charge is 0.444 e. The minimum atomic E-state index is -0.170. The third-order valence-electron chi connectivity index (χ3n) is 7.26. The third kappa shape index (κ3) is 5.89. The molecule has 4 heterocycles. The predicted molar refractivity (Wildman–Crippen MR) is 143 cm³/mol. The number of ether oxygens (including phenoxy) is 1. The van der Waals surface area contributed by atoms with Crippen LogP contribution in [0.15, 0.2) is 31.0 Å². The molecule has 0 bridgehead atoms. The summed E-state index contributed by atoms with van der Waals surface area (Å²) in [5.74, 6) is 1.58. The summed E-state index contributed by atoms with van der Waals surface area (Å²) >= 11 is 0. The molecule has 1 aliphatic carbocycles. The summed E-state index contributed by atoms with van der Waals surface area (Å²) in [6, 6.07) is 4.40. The Morgan fingerprint density at radius 2 is 2.14 bits per heavy atom. The quantitative estimate of drug-likeness (QED) is 0.167. The Labute approximate surface area is 219 Å². The van der Waals surface area contributed by atoms with Crippen molar-refractivity contribution in [1.82, 2.24) is 24.3 Å². The number of carbonyl (C=O) groups excluding carboxylic acids is 1. The van der Waals surface area contributed by atoms with Crippen LogP contribution in [-0.4, -0.2) is 41.3 Å². The molecule has 2 atom stereocenters. The summed E-state index contributed by atoms with van der Waals surface area (Å²) in [5.41, 5.74) is 2.42. The Balaban J connectivity index is 1.21. The second-order valence-electron chi connectivity index (χ2n) is 9.65. The van der Waals surface area contributed by atoms with E-state index in [-0.39, 0.29) is 18.7 Å². The van der Waals surface area contributed by atoms with E-state index in [1.165, 1.54) is 37.8 Å². The molecule has 0 spiro atoms. The maximum Gasteiger partial charge on any atom is 0.307 e. The van der Waals surface area contributed by atoms with E-state index in [9.17, 15) is 10.1 Å². The number of carbonyl (C=O) groups is 1. The van der Waals surface area contributed by atoms with E-state index in [0.717, 1.165) is 53.2 Å². The molecule has 10 heteroatoms. The zero-order chi connectivity index (χ0) is 24.7. The normalized spacial score (nSPS) is 19.0. The molecule has 8 nitrogen and oxygen atoms in total. The van der Waals surface area contributed by atoms with Crippen LogP contribution in [0.3, 0.4) is 0 Å². The minimum Gasteiger partial charge on any atom is -0.444 e. The molecule has 3 aromatic rings. The van der Waals surface area contributed by atoms with Gasteiger partial charge in [0.05, 0.1) is 30.4 Å². The first kappa shape index (κ1) is 25.2. The molecule has 1 saturated carbocycles. The summed E-state index contributed by atoms with van der Waals surface area (Å²) in [5, 5.41) is 15.6. The zero-order valence-corrected chi connectivity index (χ0v) is 22.1. The average molecular weight is 525 g/mol. The number of aromatic nitrogens is 5. The molecule has 0 amide bonds. The van der Waals surface area contributed by atoms with Gasteiger partial charge in [0, 0.05) is 40.8 Å². The van der Waals surface area contributed by atoms with Gasteiger partial charge in [0.1, 0.15) is 12.0 Å². The SMILES string of the molecule is N#CCC(C1CCCC1)n1cc(-c2ncnc3c2ccn3COC(=O)CCCC[C@@H]2CCSS2)cn1. The molecule has 2 fully saturated rings. The lowest BCUT2D eigenvalue weighted by atomic mass is 9.96. The fourth-order valence-electron chi connectivity index (χ4n) is 5.31. The van der Waals surface area contributed by atoms with Crippen LogP contribution >= 0.6 is 21.6 Å². The van der Waals surface area contributed by atoms with Crippen molar-refractivity contribution in [1.29, 1.82) is 5.26 Å². The summed E-state index contributed by atoms with van der Waals surface area (Å²) < 4.78 is 9.33. The highest BCUT2D eigenvalue weighted by Crippen LogP contribution is 2.40. The maximum absolute atomic E-state index is 12.3. The molecule has 1 aliphatic heterocycles. The molecule has 5 rings (SSSR count). The molecule has 36 heavy (non-hydrogen) atoms. The zero-order valence-electron chi connectivity index (χ0n) is 20.4. The highest BCUT2D eigenvalue weighted by molar-refractivity contribution is 8.77. The van der Waals surface area contributed by atoms with E-state index >= 15 is 0 Å². The van der Waals surface area contributed by atoms with Gasteiger partial charge in [-0.25, -0.2) is 9.97 Å². The fraction of sp³-hybridized carbons (Fsp3) is 0.577. The predicted octanol–water partition coefficient (Wildman–Crippen LogP) is 6.15. The van der Waals surface area contributed by atoms with Gasteiger partial charge < -0.3 is 4.74 Å². The second-order valence-corrected chi connectivity index (χ2v) is 12.4. The number of hydrogen-bond donors (Lipinski definition) is 0. The summed E-state index contributed by atoms with van der Waals surface area (Å²) in [4.78, 5) is 21.3. The number of rotatable bonds is 11. The van der Waals surface area contributed by atoms with E-state index in [1.54, 1.807) is 0 Å². The van der Waals surface area contributed by atoms with Crippen LogP contribution in [0.5, 0.6) is 0 Å². The highest BCUT2D eigenvalue weighted by Gasteiger charge is 2.27. The van der Waals surface area contributed by atoms with Crippen molar-refractivity contribution in [3.05, 3.63) is 31.0 Å². The summed E-state index contributed by atoms with van der Waals surface area (Å²) in [7, 11) is 3.95. The molecule has 2 aliphatic rings. The first-order valence-corrected chi connectivity index (χ1v) is 15.3. The minimum absolute atomic E-state index is 0.100. The molecule has 190 valence electrons. The van der Waals surface area contributed by atoms with E-state index in [0.29, 0.717) is 18.8 Å². The maximum atomic E-state index is 12.3. The average Bonchev–Trinajstić information content (AvgIpc) is 3.71. The first-order valence-electron chi connectivity index (χ1n) is 12.9. The van der Waals surface area contributed by atoms with Crippen LogP contribution in [-0.2, 0) is 16.3 Å². The van der Waals surface area contributed by atoms with Crippen molar-refractivity contribution in [2.24, 2.45) is 5.92 Å². The topological polar surface area (TPSA) is 98.6 Å². The van der Waals surface area contributed by atoms with Crippen LogP contribution in [0, 0.1) is 17.2 Å². The number of nitriles is 1. The van der Waals surface area contributed by atoms with Crippen molar-refractivity contribution in [3.8, 4) is 17.3 Å². The Morgan fingerprint density at radius 1 is 1.25 bits per heavy atom. The lowest BCUT2D eigenvalue weighted by molar-refractivity contribution is -0.147. The van der Waals surface area contributed by atoms with Crippen molar-refractivity contribution in [2.75, 3.05) is 5.75 Å². The molecular weight excluding hydrogens is 492 g/mol. The van der Waals surface area contributed by atoms with E-state index < -0.39 is 0 Å². The summed E-state index contributed by atoms with van der Waals surface area (Å²) in [6.45, 7) is 0.138. The molecular formula is C26H32N6O2S2. The number of hydrogen-bond acceptors (Lipinski definition) is 8. The van der Waals surface area contributed by atoms with E-state index in [4.69, 9.17) is 4.74 Å². The van der Waals surface area contributed by atoms with Gasteiger partial charge >= 0.3 is 5.97 Å². The molecule has 0 N–H and O–H groups in total.